The van der Waals surface area contributed by atoms with Crippen molar-refractivity contribution in [2.24, 2.45) is 0 Å². The zero-order valence-corrected chi connectivity index (χ0v) is 4.87. The van der Waals surface area contributed by atoms with Crippen LogP contribution in [-0.2, 0) is 4.79 Å². The average molecular weight is 125 g/mol. The molecule has 3 nitrogen and oxygen atoms in total. The van der Waals surface area contributed by atoms with E-state index in [0.717, 1.165) is 0 Å². The molecule has 0 aromatic heterocycles. The minimum atomic E-state index is -0.256. The number of hydrogen-bond donors (Lipinski definition) is 1. The second-order valence-corrected chi connectivity index (χ2v) is 1.89. The Labute approximate surface area is 53.3 Å². The van der Waals surface area contributed by atoms with Gasteiger partial charge in [0.15, 0.2) is 0 Å². The quantitative estimate of drug-likeness (QED) is 0.367. The first-order valence-corrected chi connectivity index (χ1v) is 2.66. The molecule has 0 aliphatic carbocycles. The fourth-order valence-corrected chi connectivity index (χ4v) is 0.781. The highest BCUT2D eigenvalue weighted by atomic mass is 16.3. The Morgan fingerprint density at radius 1 is 2.00 bits per heavy atom. The second-order valence-electron chi connectivity index (χ2n) is 1.89. The zero-order chi connectivity index (χ0) is 6.85. The summed E-state index contributed by atoms with van der Waals surface area (Å²) in [4.78, 5) is 11.8. The van der Waals surface area contributed by atoms with E-state index in [1.807, 2.05) is 0 Å². The van der Waals surface area contributed by atoms with E-state index < -0.39 is 0 Å². The number of likely N-dealkylation sites (tertiary alicyclic amines) is 1. The molecule has 0 aromatic rings. The van der Waals surface area contributed by atoms with Crippen LogP contribution in [0.3, 0.4) is 0 Å². The van der Waals surface area contributed by atoms with Crippen molar-refractivity contribution in [2.75, 3.05) is 6.73 Å². The molecule has 1 aliphatic heterocycles. The molecule has 1 fully saturated rings. The summed E-state index contributed by atoms with van der Waals surface area (Å²) in [5.41, 5.74) is 0. The van der Waals surface area contributed by atoms with E-state index in [1.165, 1.54) is 4.90 Å². The standard InChI is InChI=1S/C6H7NO2/c1-2-5-3-6(9)7(5)4-8/h1,5,8H,3-4H2. The summed E-state index contributed by atoms with van der Waals surface area (Å²) in [6, 6.07) is -0.164. The molecule has 1 heterocycles. The summed E-state index contributed by atoms with van der Waals surface area (Å²) in [7, 11) is 0. The molecule has 3 heteroatoms. The number of rotatable bonds is 1. The number of amides is 1. The lowest BCUT2D eigenvalue weighted by atomic mass is 10.0. The molecule has 1 unspecified atom stereocenters. The van der Waals surface area contributed by atoms with E-state index in [4.69, 9.17) is 11.5 Å². The van der Waals surface area contributed by atoms with Crippen molar-refractivity contribution in [3.05, 3.63) is 0 Å². The zero-order valence-electron chi connectivity index (χ0n) is 4.87. The number of aliphatic hydroxyl groups is 1. The van der Waals surface area contributed by atoms with Gasteiger partial charge in [-0.25, -0.2) is 0 Å². The minimum absolute atomic E-state index is 0.0690. The largest absolute Gasteiger partial charge is 0.376 e. The second kappa shape index (κ2) is 2.08. The summed E-state index contributed by atoms with van der Waals surface area (Å²) in [5.74, 6) is 2.31. The van der Waals surface area contributed by atoms with Crippen LogP contribution in [0.5, 0.6) is 0 Å². The van der Waals surface area contributed by atoms with Crippen LogP contribution in [0.15, 0.2) is 0 Å². The monoisotopic (exact) mass is 125 g/mol. The number of nitrogens with zero attached hydrogens (tertiary/aromatic N) is 1. The van der Waals surface area contributed by atoms with Crippen molar-refractivity contribution in [3.63, 3.8) is 0 Å². The molecule has 1 N–H and O–H groups in total. The Morgan fingerprint density at radius 2 is 2.67 bits per heavy atom. The molecule has 48 valence electrons. The van der Waals surface area contributed by atoms with Crippen molar-refractivity contribution in [1.82, 2.24) is 4.90 Å². The van der Waals surface area contributed by atoms with E-state index in [9.17, 15) is 4.79 Å². The summed E-state index contributed by atoms with van der Waals surface area (Å²) in [6.07, 6.45) is 5.39. The fourth-order valence-electron chi connectivity index (χ4n) is 0.781. The molecule has 9 heavy (non-hydrogen) atoms. The topological polar surface area (TPSA) is 40.5 Å². The lowest BCUT2D eigenvalue weighted by Gasteiger charge is -2.34. The van der Waals surface area contributed by atoms with Gasteiger partial charge >= 0.3 is 0 Å². The Balaban J connectivity index is 2.50. The predicted molar refractivity (Wildman–Crippen MR) is 31.2 cm³/mol. The molecule has 0 aromatic carbocycles. The number of β-lactam (4-membered cyclic amide) rings is 1. The van der Waals surface area contributed by atoms with E-state index in [0.29, 0.717) is 6.42 Å². The molecule has 0 radical (unpaired) electrons. The highest BCUT2D eigenvalue weighted by Crippen LogP contribution is 2.16. The lowest BCUT2D eigenvalue weighted by molar-refractivity contribution is -0.148. The highest BCUT2D eigenvalue weighted by molar-refractivity contribution is 5.84. The van der Waals surface area contributed by atoms with Gasteiger partial charge in [0.25, 0.3) is 0 Å². The van der Waals surface area contributed by atoms with E-state index >= 15 is 0 Å². The Hall–Kier alpha value is -1.01. The summed E-state index contributed by atoms with van der Waals surface area (Å²) in [5, 5.41) is 8.47. The maximum absolute atomic E-state index is 10.5. The normalized spacial score (nSPS) is 25.1. The Bertz CT molecular complexity index is 170. The number of carbonyl (C=O) groups is 1. The summed E-state index contributed by atoms with van der Waals surface area (Å²) < 4.78 is 0. The maximum Gasteiger partial charge on any atom is 0.228 e. The van der Waals surface area contributed by atoms with Crippen molar-refractivity contribution in [2.45, 2.75) is 12.5 Å². The van der Waals surface area contributed by atoms with Gasteiger partial charge in [0.2, 0.25) is 5.91 Å². The van der Waals surface area contributed by atoms with Gasteiger partial charge in [-0.3, -0.25) is 4.79 Å². The van der Waals surface area contributed by atoms with Gasteiger partial charge in [0.05, 0.1) is 6.42 Å². The third-order valence-electron chi connectivity index (χ3n) is 1.41. The predicted octanol–water partition coefficient (Wildman–Crippen LogP) is -0.830. The molecule has 1 amide bonds. The smallest absolute Gasteiger partial charge is 0.228 e. The number of aliphatic hydroxyl groups excluding tert-OH is 1. The Morgan fingerprint density at radius 3 is 2.89 bits per heavy atom. The first-order valence-electron chi connectivity index (χ1n) is 2.66. The maximum atomic E-state index is 10.5. The number of carbonyl (C=O) groups excluding carboxylic acids is 1. The minimum Gasteiger partial charge on any atom is -0.376 e. The molecule has 1 aliphatic rings. The molecular weight excluding hydrogens is 118 g/mol. The third kappa shape index (κ3) is 0.775. The first kappa shape index (κ1) is 6.12. The van der Waals surface area contributed by atoms with Gasteiger partial charge in [-0.2, -0.15) is 0 Å². The van der Waals surface area contributed by atoms with Crippen LogP contribution >= 0.6 is 0 Å². The lowest BCUT2D eigenvalue weighted by Crippen LogP contribution is -2.51. The number of hydrogen-bond acceptors (Lipinski definition) is 2. The van der Waals surface area contributed by atoms with Crippen LogP contribution in [0, 0.1) is 12.3 Å². The van der Waals surface area contributed by atoms with E-state index in [2.05, 4.69) is 5.92 Å². The third-order valence-corrected chi connectivity index (χ3v) is 1.41. The van der Waals surface area contributed by atoms with Crippen molar-refractivity contribution < 1.29 is 9.90 Å². The van der Waals surface area contributed by atoms with Crippen LogP contribution in [0.1, 0.15) is 6.42 Å². The van der Waals surface area contributed by atoms with Crippen LogP contribution < -0.4 is 0 Å². The molecule has 0 spiro atoms. The van der Waals surface area contributed by atoms with Crippen molar-refractivity contribution in [3.8, 4) is 12.3 Å². The fraction of sp³-hybridized carbons (Fsp3) is 0.500. The van der Waals surface area contributed by atoms with Crippen LogP contribution in [0.25, 0.3) is 0 Å². The van der Waals surface area contributed by atoms with E-state index in [1.54, 1.807) is 0 Å². The van der Waals surface area contributed by atoms with Gasteiger partial charge in [0.1, 0.15) is 12.8 Å². The molecular formula is C6H7NO2. The van der Waals surface area contributed by atoms with Gasteiger partial charge in [-0.1, -0.05) is 5.92 Å². The molecule has 1 atom stereocenters. The molecule has 0 bridgehead atoms. The van der Waals surface area contributed by atoms with Crippen LogP contribution in [0.4, 0.5) is 0 Å². The van der Waals surface area contributed by atoms with Crippen molar-refractivity contribution >= 4 is 5.91 Å². The summed E-state index contributed by atoms with van der Waals surface area (Å²) in [6.45, 7) is -0.256. The van der Waals surface area contributed by atoms with Crippen LogP contribution in [-0.4, -0.2) is 28.7 Å². The van der Waals surface area contributed by atoms with Gasteiger partial charge < -0.3 is 10.0 Å². The first-order chi connectivity index (χ1) is 4.29. The average Bonchev–Trinajstić information content (AvgIpc) is 1.83. The van der Waals surface area contributed by atoms with Crippen LogP contribution in [0.2, 0.25) is 0 Å². The van der Waals surface area contributed by atoms with E-state index in [-0.39, 0.29) is 18.7 Å². The van der Waals surface area contributed by atoms with Crippen molar-refractivity contribution in [1.29, 1.82) is 0 Å². The molecule has 1 rings (SSSR count). The summed E-state index contributed by atoms with van der Waals surface area (Å²) >= 11 is 0. The number of terminal acetylenes is 1. The van der Waals surface area contributed by atoms with Gasteiger partial charge in [0, 0.05) is 0 Å². The SMILES string of the molecule is C#CC1CC(=O)N1CO. The van der Waals surface area contributed by atoms with Gasteiger partial charge in [-0.05, 0) is 0 Å². The molecule has 1 saturated heterocycles. The highest BCUT2D eigenvalue weighted by Gasteiger charge is 2.33. The Kier molecular flexibility index (Phi) is 1.41. The molecule has 0 saturated carbocycles. The van der Waals surface area contributed by atoms with Gasteiger partial charge in [-0.15, -0.1) is 6.42 Å².